The van der Waals surface area contributed by atoms with Crippen LogP contribution in [0.5, 0.6) is 11.5 Å². The number of fused-ring (bicyclic) bond motifs is 1. The minimum Gasteiger partial charge on any atom is -0.493 e. The van der Waals surface area contributed by atoms with Gasteiger partial charge in [0, 0.05) is 30.2 Å². The molecule has 74 valence electrons. The first-order chi connectivity index (χ1) is 6.74. The van der Waals surface area contributed by atoms with Crippen LogP contribution in [0.4, 0.5) is 0 Å². The minimum atomic E-state index is 0.770. The van der Waals surface area contributed by atoms with Crippen LogP contribution < -0.4 is 9.47 Å². The maximum Gasteiger partial charge on any atom is 0.161 e. The van der Waals surface area contributed by atoms with Crippen molar-refractivity contribution in [2.75, 3.05) is 14.2 Å². The second-order valence-electron chi connectivity index (χ2n) is 3.26. The first kappa shape index (κ1) is 8.94. The standard InChI is InChI=1S/C11H13NO2/c1-12-6-8-4-10(13-2)11(14-3)5-9(8)7-12/h4-7H,1-3H3. The number of aryl methyl sites for hydroxylation is 1. The molecule has 3 nitrogen and oxygen atoms in total. The average molecular weight is 191 g/mol. The van der Waals surface area contributed by atoms with Crippen molar-refractivity contribution in [1.82, 2.24) is 4.57 Å². The maximum atomic E-state index is 5.22. The summed E-state index contributed by atoms with van der Waals surface area (Å²) >= 11 is 0. The Kier molecular flexibility index (Phi) is 2.08. The van der Waals surface area contributed by atoms with Gasteiger partial charge < -0.3 is 14.0 Å². The smallest absolute Gasteiger partial charge is 0.161 e. The van der Waals surface area contributed by atoms with Crippen LogP contribution >= 0.6 is 0 Å². The quantitative estimate of drug-likeness (QED) is 0.726. The number of hydrogen-bond donors (Lipinski definition) is 0. The fourth-order valence-corrected chi connectivity index (χ4v) is 1.61. The first-order valence-corrected chi connectivity index (χ1v) is 4.42. The zero-order valence-corrected chi connectivity index (χ0v) is 8.57. The van der Waals surface area contributed by atoms with Gasteiger partial charge in [-0.3, -0.25) is 0 Å². The highest BCUT2D eigenvalue weighted by Gasteiger charge is 2.06. The van der Waals surface area contributed by atoms with Gasteiger partial charge >= 0.3 is 0 Å². The van der Waals surface area contributed by atoms with E-state index in [1.807, 2.05) is 23.7 Å². The lowest BCUT2D eigenvalue weighted by Gasteiger charge is -2.06. The Morgan fingerprint density at radius 2 is 1.36 bits per heavy atom. The van der Waals surface area contributed by atoms with Gasteiger partial charge in [0.2, 0.25) is 0 Å². The number of methoxy groups -OCH3 is 2. The molecule has 0 aliphatic rings. The number of nitrogens with zero attached hydrogens (tertiary/aromatic N) is 1. The van der Waals surface area contributed by atoms with E-state index < -0.39 is 0 Å². The molecule has 0 saturated heterocycles. The van der Waals surface area contributed by atoms with Crippen LogP contribution in [0.25, 0.3) is 10.8 Å². The van der Waals surface area contributed by atoms with Crippen molar-refractivity contribution in [3.8, 4) is 11.5 Å². The second kappa shape index (κ2) is 3.25. The zero-order chi connectivity index (χ0) is 10.1. The number of benzene rings is 1. The molecule has 3 heteroatoms. The van der Waals surface area contributed by atoms with Crippen molar-refractivity contribution in [1.29, 1.82) is 0 Å². The van der Waals surface area contributed by atoms with Crippen LogP contribution in [-0.2, 0) is 7.05 Å². The predicted octanol–water partition coefficient (Wildman–Crippen LogP) is 2.20. The van der Waals surface area contributed by atoms with Crippen molar-refractivity contribution in [2.24, 2.45) is 7.05 Å². The number of aromatic nitrogens is 1. The molecule has 0 aliphatic carbocycles. The normalized spacial score (nSPS) is 10.5. The molecule has 1 heterocycles. The highest BCUT2D eigenvalue weighted by molar-refractivity contribution is 5.85. The monoisotopic (exact) mass is 191 g/mol. The van der Waals surface area contributed by atoms with Gasteiger partial charge in [-0.15, -0.1) is 0 Å². The third kappa shape index (κ3) is 1.31. The molecular formula is C11H13NO2. The third-order valence-corrected chi connectivity index (χ3v) is 2.27. The SMILES string of the molecule is COc1cc2cn(C)cc2cc1OC. The lowest BCUT2D eigenvalue weighted by atomic mass is 10.2. The summed E-state index contributed by atoms with van der Waals surface area (Å²) < 4.78 is 12.5. The molecule has 1 aromatic carbocycles. The van der Waals surface area contributed by atoms with E-state index >= 15 is 0 Å². The van der Waals surface area contributed by atoms with E-state index in [-0.39, 0.29) is 0 Å². The highest BCUT2D eigenvalue weighted by Crippen LogP contribution is 2.32. The first-order valence-electron chi connectivity index (χ1n) is 4.42. The Balaban J connectivity index is 2.68. The molecule has 0 amide bonds. The summed E-state index contributed by atoms with van der Waals surface area (Å²) in [6.45, 7) is 0. The van der Waals surface area contributed by atoms with Gasteiger partial charge in [0.25, 0.3) is 0 Å². The fraction of sp³-hybridized carbons (Fsp3) is 0.273. The molecule has 2 rings (SSSR count). The second-order valence-corrected chi connectivity index (χ2v) is 3.26. The van der Waals surface area contributed by atoms with Crippen LogP contribution in [0.1, 0.15) is 0 Å². The third-order valence-electron chi connectivity index (χ3n) is 2.27. The Bertz CT molecular complexity index is 419. The van der Waals surface area contributed by atoms with Crippen molar-refractivity contribution < 1.29 is 9.47 Å². The number of ether oxygens (including phenoxy) is 2. The van der Waals surface area contributed by atoms with Crippen LogP contribution in [0.15, 0.2) is 24.5 Å². The summed E-state index contributed by atoms with van der Waals surface area (Å²) in [6, 6.07) is 3.96. The zero-order valence-electron chi connectivity index (χ0n) is 8.57. The van der Waals surface area contributed by atoms with Gasteiger partial charge in [-0.05, 0) is 12.1 Å². The molecule has 14 heavy (non-hydrogen) atoms. The molecule has 0 saturated carbocycles. The maximum absolute atomic E-state index is 5.22. The molecule has 0 atom stereocenters. The van der Waals surface area contributed by atoms with E-state index in [9.17, 15) is 0 Å². The minimum absolute atomic E-state index is 0.770. The molecule has 0 fully saturated rings. The lowest BCUT2D eigenvalue weighted by Crippen LogP contribution is -1.89. The number of hydrogen-bond acceptors (Lipinski definition) is 2. The van der Waals surface area contributed by atoms with Crippen LogP contribution in [0, 0.1) is 0 Å². The highest BCUT2D eigenvalue weighted by atomic mass is 16.5. The summed E-state index contributed by atoms with van der Waals surface area (Å²) in [5.41, 5.74) is 0. The van der Waals surface area contributed by atoms with E-state index in [4.69, 9.17) is 9.47 Å². The fourth-order valence-electron chi connectivity index (χ4n) is 1.61. The summed E-state index contributed by atoms with van der Waals surface area (Å²) in [5.74, 6) is 1.54. The summed E-state index contributed by atoms with van der Waals surface area (Å²) in [4.78, 5) is 0. The average Bonchev–Trinajstić information content (AvgIpc) is 2.54. The van der Waals surface area contributed by atoms with Crippen molar-refractivity contribution >= 4 is 10.8 Å². The Labute approximate surface area is 82.9 Å². The van der Waals surface area contributed by atoms with Gasteiger partial charge in [-0.1, -0.05) is 0 Å². The Hall–Kier alpha value is -1.64. The molecule has 0 bridgehead atoms. The molecule has 2 aromatic rings. The van der Waals surface area contributed by atoms with E-state index in [1.165, 1.54) is 0 Å². The molecule has 0 spiro atoms. The van der Waals surface area contributed by atoms with E-state index in [1.54, 1.807) is 14.2 Å². The van der Waals surface area contributed by atoms with Gasteiger partial charge in [-0.2, -0.15) is 0 Å². The summed E-state index contributed by atoms with van der Waals surface area (Å²) in [6.07, 6.45) is 4.11. The van der Waals surface area contributed by atoms with Gasteiger partial charge in [0.15, 0.2) is 11.5 Å². The van der Waals surface area contributed by atoms with Gasteiger partial charge in [0.05, 0.1) is 14.2 Å². The van der Waals surface area contributed by atoms with Crippen molar-refractivity contribution in [3.63, 3.8) is 0 Å². The van der Waals surface area contributed by atoms with E-state index in [0.717, 1.165) is 22.3 Å². The summed E-state index contributed by atoms with van der Waals surface area (Å²) in [7, 11) is 5.29. The predicted molar refractivity (Wildman–Crippen MR) is 56.0 cm³/mol. The molecule has 0 radical (unpaired) electrons. The van der Waals surface area contributed by atoms with Crippen LogP contribution in [0.2, 0.25) is 0 Å². The Morgan fingerprint density at radius 1 is 0.929 bits per heavy atom. The van der Waals surface area contributed by atoms with E-state index in [2.05, 4.69) is 12.4 Å². The molecule has 0 aliphatic heterocycles. The molecule has 0 unspecified atom stereocenters. The molecule has 1 aromatic heterocycles. The van der Waals surface area contributed by atoms with Crippen molar-refractivity contribution in [2.45, 2.75) is 0 Å². The largest absolute Gasteiger partial charge is 0.493 e. The Morgan fingerprint density at radius 3 is 1.71 bits per heavy atom. The summed E-state index contributed by atoms with van der Waals surface area (Å²) in [5, 5.41) is 2.32. The van der Waals surface area contributed by atoms with Crippen LogP contribution in [0.3, 0.4) is 0 Å². The van der Waals surface area contributed by atoms with Gasteiger partial charge in [0.1, 0.15) is 0 Å². The van der Waals surface area contributed by atoms with Crippen LogP contribution in [-0.4, -0.2) is 18.8 Å². The topological polar surface area (TPSA) is 23.4 Å². The van der Waals surface area contributed by atoms with Gasteiger partial charge in [-0.25, -0.2) is 0 Å². The van der Waals surface area contributed by atoms with E-state index in [0.29, 0.717) is 0 Å². The number of rotatable bonds is 2. The molecule has 0 N–H and O–H groups in total. The van der Waals surface area contributed by atoms with Crippen molar-refractivity contribution in [3.05, 3.63) is 24.5 Å². The molecular weight excluding hydrogens is 178 g/mol. The lowest BCUT2D eigenvalue weighted by molar-refractivity contribution is 0.356.